The number of aliphatic hydroxyl groups is 9. The number of rotatable bonds is 1. The van der Waals surface area contributed by atoms with Gasteiger partial charge in [0.2, 0.25) is 0 Å². The molecule has 16 heavy (non-hydrogen) atoms. The molecule has 1 rings (SSSR count). The molecule has 0 aliphatic heterocycles. The Labute approximate surface area is 87.8 Å². The van der Waals surface area contributed by atoms with Gasteiger partial charge in [-0.3, -0.25) is 0 Å². The lowest BCUT2D eigenvalue weighted by atomic mass is 10.1. The van der Waals surface area contributed by atoms with Gasteiger partial charge in [0.25, 0.3) is 28.9 Å². The van der Waals surface area contributed by atoms with Crippen LogP contribution < -0.4 is 0 Å². The molecule has 96 valence electrons. The molecule has 0 aromatic heterocycles. The van der Waals surface area contributed by atoms with Gasteiger partial charge in [-0.2, -0.15) is 0 Å². The molecule has 10 heteroatoms. The highest BCUT2D eigenvalue weighted by molar-refractivity contribution is 5.20. The van der Waals surface area contributed by atoms with Gasteiger partial charge in [-0.1, -0.05) is 0 Å². The third-order valence-corrected chi connectivity index (χ3v) is 2.70. The SMILES string of the molecule is COC1(O)C(O)(O)C(O)(O)C(O)(O)C1(O)O. The number of ether oxygens (including phenoxy) is 1. The molecule has 1 aliphatic carbocycles. The fourth-order valence-electron chi connectivity index (χ4n) is 1.49. The first-order chi connectivity index (χ1) is 6.81. The lowest BCUT2D eigenvalue weighted by Crippen LogP contribution is -2.67. The third kappa shape index (κ3) is 0.953. The Kier molecular flexibility index (Phi) is 2.46. The van der Waals surface area contributed by atoms with E-state index in [1.807, 2.05) is 0 Å². The van der Waals surface area contributed by atoms with Gasteiger partial charge in [0.05, 0.1) is 0 Å². The van der Waals surface area contributed by atoms with E-state index in [1.54, 1.807) is 0 Å². The Hall–Kier alpha value is -0.400. The molecule has 0 amide bonds. The van der Waals surface area contributed by atoms with Crippen LogP contribution >= 0.6 is 0 Å². The van der Waals surface area contributed by atoms with Gasteiger partial charge >= 0.3 is 0 Å². The molecule has 1 fully saturated rings. The quantitative estimate of drug-likeness (QED) is 0.200. The van der Waals surface area contributed by atoms with Crippen molar-refractivity contribution in [1.82, 2.24) is 0 Å². The molecule has 10 nitrogen and oxygen atoms in total. The van der Waals surface area contributed by atoms with Crippen LogP contribution in [0.3, 0.4) is 0 Å². The summed E-state index contributed by atoms with van der Waals surface area (Å²) in [5, 5.41) is 82.2. The highest BCUT2D eigenvalue weighted by Crippen LogP contribution is 2.53. The first-order valence-electron chi connectivity index (χ1n) is 3.87. The van der Waals surface area contributed by atoms with Crippen LogP contribution in [0.25, 0.3) is 0 Å². The summed E-state index contributed by atoms with van der Waals surface area (Å²) >= 11 is 0. The lowest BCUT2D eigenvalue weighted by molar-refractivity contribution is -0.458. The van der Waals surface area contributed by atoms with Crippen molar-refractivity contribution in [3.05, 3.63) is 0 Å². The number of hydrogen-bond donors (Lipinski definition) is 9. The second kappa shape index (κ2) is 2.88. The monoisotopic (exact) mass is 244 g/mol. The van der Waals surface area contributed by atoms with E-state index in [2.05, 4.69) is 4.74 Å². The van der Waals surface area contributed by atoms with Gasteiger partial charge < -0.3 is 50.7 Å². The van der Waals surface area contributed by atoms with Gasteiger partial charge in [-0.15, -0.1) is 0 Å². The van der Waals surface area contributed by atoms with Gasteiger partial charge in [0.15, 0.2) is 0 Å². The maximum Gasteiger partial charge on any atom is 0.288 e. The Balaban J connectivity index is 3.58. The second-order valence-corrected chi connectivity index (χ2v) is 3.54. The van der Waals surface area contributed by atoms with Crippen LogP contribution in [0.5, 0.6) is 0 Å². The fourth-order valence-corrected chi connectivity index (χ4v) is 1.49. The molecule has 0 spiro atoms. The summed E-state index contributed by atoms with van der Waals surface area (Å²) in [7, 11) is 0.528. The van der Waals surface area contributed by atoms with E-state index in [1.165, 1.54) is 0 Å². The lowest BCUT2D eigenvalue weighted by Gasteiger charge is -2.37. The van der Waals surface area contributed by atoms with Crippen LogP contribution in [0, 0.1) is 0 Å². The van der Waals surface area contributed by atoms with Crippen molar-refractivity contribution >= 4 is 0 Å². The zero-order chi connectivity index (χ0) is 13.2. The summed E-state index contributed by atoms with van der Waals surface area (Å²) in [6, 6.07) is 0. The number of hydrogen-bond acceptors (Lipinski definition) is 10. The van der Waals surface area contributed by atoms with Gasteiger partial charge in [-0.05, 0) is 0 Å². The van der Waals surface area contributed by atoms with Crippen LogP contribution in [-0.4, -0.2) is 82.0 Å². The summed E-state index contributed by atoms with van der Waals surface area (Å²) in [6.07, 6.45) is 0. The van der Waals surface area contributed by atoms with E-state index >= 15 is 0 Å². The van der Waals surface area contributed by atoms with Crippen molar-refractivity contribution in [2.75, 3.05) is 7.11 Å². The Morgan fingerprint density at radius 3 is 0.938 bits per heavy atom. The molecule has 0 atom stereocenters. The molecule has 0 heterocycles. The van der Waals surface area contributed by atoms with Gasteiger partial charge in [0, 0.05) is 7.11 Å². The molecule has 1 saturated carbocycles. The summed E-state index contributed by atoms with van der Waals surface area (Å²) in [4.78, 5) is 0. The molecular weight excluding hydrogens is 232 g/mol. The van der Waals surface area contributed by atoms with Crippen molar-refractivity contribution in [2.24, 2.45) is 0 Å². The van der Waals surface area contributed by atoms with Crippen LogP contribution in [0.2, 0.25) is 0 Å². The minimum atomic E-state index is -4.30. The van der Waals surface area contributed by atoms with Gasteiger partial charge in [-0.25, -0.2) is 0 Å². The van der Waals surface area contributed by atoms with Crippen molar-refractivity contribution in [3.63, 3.8) is 0 Å². The largest absolute Gasteiger partial charge is 0.357 e. The molecule has 1 aliphatic rings. The summed E-state index contributed by atoms with van der Waals surface area (Å²) in [5.74, 6) is -20.9. The van der Waals surface area contributed by atoms with Crippen LogP contribution in [0.1, 0.15) is 0 Å². The molecule has 0 bridgehead atoms. The highest BCUT2D eigenvalue weighted by atomic mass is 16.8. The topological polar surface area (TPSA) is 191 Å². The standard InChI is InChI=1S/C6H12O10/c1-16-6(15)4(11,12)2(7,8)3(9,10)5(6,13)14/h7-15H,1H3. The molecular formula is C6H12O10. The maximum atomic E-state index is 9.36. The predicted molar refractivity (Wildman–Crippen MR) is 40.6 cm³/mol. The van der Waals surface area contributed by atoms with Crippen molar-refractivity contribution < 1.29 is 50.7 Å². The molecule has 0 unspecified atom stereocenters. The number of methoxy groups -OCH3 is 1. The van der Waals surface area contributed by atoms with Crippen LogP contribution in [0.4, 0.5) is 0 Å². The minimum absolute atomic E-state index is 0.528. The highest BCUT2D eigenvalue weighted by Gasteiger charge is 2.91. The normalized spacial score (nSPS) is 32.6. The smallest absolute Gasteiger partial charge is 0.288 e. The van der Waals surface area contributed by atoms with E-state index in [-0.39, 0.29) is 0 Å². The van der Waals surface area contributed by atoms with Crippen molar-refractivity contribution in [1.29, 1.82) is 0 Å². The minimum Gasteiger partial charge on any atom is -0.357 e. The Morgan fingerprint density at radius 1 is 0.562 bits per heavy atom. The van der Waals surface area contributed by atoms with Gasteiger partial charge in [0.1, 0.15) is 0 Å². The van der Waals surface area contributed by atoms with E-state index in [4.69, 9.17) is 40.9 Å². The average molecular weight is 244 g/mol. The first-order valence-corrected chi connectivity index (χ1v) is 3.87. The van der Waals surface area contributed by atoms with Crippen molar-refractivity contribution in [2.45, 2.75) is 28.9 Å². The molecule has 0 saturated heterocycles. The molecule has 9 N–H and O–H groups in total. The summed E-state index contributed by atoms with van der Waals surface area (Å²) in [6.45, 7) is 0. The Morgan fingerprint density at radius 2 is 0.812 bits per heavy atom. The second-order valence-electron chi connectivity index (χ2n) is 3.54. The van der Waals surface area contributed by atoms with Crippen LogP contribution in [-0.2, 0) is 4.74 Å². The fraction of sp³-hybridized carbons (Fsp3) is 1.00. The molecule has 0 radical (unpaired) electrons. The van der Waals surface area contributed by atoms with E-state index in [0.29, 0.717) is 7.11 Å². The zero-order valence-electron chi connectivity index (χ0n) is 7.93. The van der Waals surface area contributed by atoms with Crippen LogP contribution in [0.15, 0.2) is 0 Å². The Bertz CT molecular complexity index is 278. The average Bonchev–Trinajstić information content (AvgIpc) is 2.18. The molecule has 0 aromatic carbocycles. The maximum absolute atomic E-state index is 9.36. The molecule has 0 aromatic rings. The predicted octanol–water partition coefficient (Wildman–Crippen LogP) is -5.94. The van der Waals surface area contributed by atoms with Crippen molar-refractivity contribution in [3.8, 4) is 0 Å². The van der Waals surface area contributed by atoms with E-state index in [0.717, 1.165) is 0 Å². The van der Waals surface area contributed by atoms with E-state index in [9.17, 15) is 5.11 Å². The summed E-state index contributed by atoms with van der Waals surface area (Å²) < 4.78 is 3.92. The first kappa shape index (κ1) is 13.7. The zero-order valence-corrected chi connectivity index (χ0v) is 7.93. The third-order valence-electron chi connectivity index (χ3n) is 2.70. The summed E-state index contributed by atoms with van der Waals surface area (Å²) in [5.41, 5.74) is 0. The van der Waals surface area contributed by atoms with E-state index < -0.39 is 28.9 Å².